The molecule has 1 N–H and O–H groups in total. The molecule has 2 rings (SSSR count). The molecule has 2 aromatic rings. The average Bonchev–Trinajstić information content (AvgIpc) is 2.54. The van der Waals surface area contributed by atoms with E-state index >= 15 is 0 Å². The second-order valence-corrected chi connectivity index (χ2v) is 4.80. The van der Waals surface area contributed by atoms with E-state index in [-0.39, 0.29) is 18.5 Å². The first kappa shape index (κ1) is 16.3. The monoisotopic (exact) mass is 312 g/mol. The van der Waals surface area contributed by atoms with Crippen LogP contribution in [-0.4, -0.2) is 22.2 Å². The maximum Gasteiger partial charge on any atom is 0.305 e. The molecule has 0 unspecified atom stereocenters. The summed E-state index contributed by atoms with van der Waals surface area (Å²) in [5, 5.41) is 17.8. The zero-order valence-corrected chi connectivity index (χ0v) is 12.7. The summed E-state index contributed by atoms with van der Waals surface area (Å²) in [5.41, 5.74) is 0.823. The normalized spacial score (nSPS) is 10.1. The van der Waals surface area contributed by atoms with Gasteiger partial charge in [-0.15, -0.1) is 0 Å². The van der Waals surface area contributed by atoms with Crippen LogP contribution in [0.2, 0.25) is 0 Å². The lowest BCUT2D eigenvalue weighted by molar-refractivity contribution is -0.137. The number of carboxylic acid groups (broad SMARTS) is 1. The van der Waals surface area contributed by atoms with Crippen LogP contribution >= 0.6 is 0 Å². The van der Waals surface area contributed by atoms with Crippen molar-refractivity contribution in [1.82, 2.24) is 4.57 Å². The van der Waals surface area contributed by atoms with E-state index in [0.29, 0.717) is 18.1 Å². The highest BCUT2D eigenvalue weighted by Gasteiger charge is 2.12. The molecule has 0 saturated carbocycles. The lowest BCUT2D eigenvalue weighted by Gasteiger charge is -2.13. The molecule has 6 heteroatoms. The number of nitriles is 1. The predicted octanol–water partition coefficient (Wildman–Crippen LogP) is 2.26. The SMILES string of the molecule is CCOc1ccc(-c2ccc(C#N)c(=O)n2CCC(=O)O)cc1. The number of hydrogen-bond donors (Lipinski definition) is 1. The molecule has 0 amide bonds. The second kappa shape index (κ2) is 7.27. The molecule has 0 spiro atoms. The average molecular weight is 312 g/mol. The highest BCUT2D eigenvalue weighted by atomic mass is 16.5. The summed E-state index contributed by atoms with van der Waals surface area (Å²) in [6.07, 6.45) is -0.196. The largest absolute Gasteiger partial charge is 0.494 e. The zero-order chi connectivity index (χ0) is 16.8. The summed E-state index contributed by atoms with van der Waals surface area (Å²) in [7, 11) is 0. The number of benzene rings is 1. The molecule has 0 atom stereocenters. The van der Waals surface area contributed by atoms with Gasteiger partial charge in [-0.05, 0) is 48.9 Å². The van der Waals surface area contributed by atoms with E-state index in [1.54, 1.807) is 30.3 Å². The number of nitrogens with zero attached hydrogens (tertiary/aromatic N) is 2. The molecule has 1 aromatic carbocycles. The van der Waals surface area contributed by atoms with Gasteiger partial charge in [-0.25, -0.2) is 0 Å². The molecule has 0 aliphatic heterocycles. The van der Waals surface area contributed by atoms with Gasteiger partial charge in [0.05, 0.1) is 18.7 Å². The van der Waals surface area contributed by atoms with E-state index < -0.39 is 11.5 Å². The fourth-order valence-corrected chi connectivity index (χ4v) is 2.23. The number of rotatable bonds is 6. The summed E-state index contributed by atoms with van der Waals surface area (Å²) < 4.78 is 6.70. The van der Waals surface area contributed by atoms with E-state index in [0.717, 1.165) is 5.56 Å². The van der Waals surface area contributed by atoms with Gasteiger partial charge in [0.15, 0.2) is 0 Å². The fraction of sp³-hybridized carbons (Fsp3) is 0.235. The van der Waals surface area contributed by atoms with Crippen molar-refractivity contribution < 1.29 is 14.6 Å². The molecule has 23 heavy (non-hydrogen) atoms. The van der Waals surface area contributed by atoms with Crippen molar-refractivity contribution >= 4 is 5.97 Å². The molecular weight excluding hydrogens is 296 g/mol. The van der Waals surface area contributed by atoms with Crippen molar-refractivity contribution in [2.45, 2.75) is 19.9 Å². The molecule has 0 aliphatic carbocycles. The van der Waals surface area contributed by atoms with E-state index in [9.17, 15) is 9.59 Å². The van der Waals surface area contributed by atoms with Gasteiger partial charge in [-0.3, -0.25) is 9.59 Å². The van der Waals surface area contributed by atoms with Crippen LogP contribution in [0.15, 0.2) is 41.2 Å². The third kappa shape index (κ3) is 3.77. The first-order chi connectivity index (χ1) is 11.1. The van der Waals surface area contributed by atoms with Crippen LogP contribution in [0, 0.1) is 11.3 Å². The second-order valence-electron chi connectivity index (χ2n) is 4.80. The Balaban J connectivity index is 2.48. The third-order valence-electron chi connectivity index (χ3n) is 3.31. The minimum atomic E-state index is -1.00. The van der Waals surface area contributed by atoms with Gasteiger partial charge in [0.25, 0.3) is 5.56 Å². The first-order valence-corrected chi connectivity index (χ1v) is 7.15. The highest BCUT2D eigenvalue weighted by Crippen LogP contribution is 2.22. The Hall–Kier alpha value is -3.07. The van der Waals surface area contributed by atoms with Gasteiger partial charge >= 0.3 is 5.97 Å². The number of carbonyl (C=O) groups is 1. The Morgan fingerprint density at radius 2 is 1.96 bits per heavy atom. The zero-order valence-electron chi connectivity index (χ0n) is 12.7. The number of aromatic nitrogens is 1. The number of hydrogen-bond acceptors (Lipinski definition) is 4. The minimum Gasteiger partial charge on any atom is -0.494 e. The molecule has 0 aliphatic rings. The molecule has 0 radical (unpaired) electrons. The summed E-state index contributed by atoms with van der Waals surface area (Å²) in [5.74, 6) is -0.291. The summed E-state index contributed by atoms with van der Waals surface area (Å²) in [4.78, 5) is 23.1. The van der Waals surface area contributed by atoms with Crippen LogP contribution in [0.3, 0.4) is 0 Å². The smallest absolute Gasteiger partial charge is 0.305 e. The van der Waals surface area contributed by atoms with Crippen molar-refractivity contribution in [3.05, 3.63) is 52.3 Å². The molecule has 0 fully saturated rings. The number of pyridine rings is 1. The van der Waals surface area contributed by atoms with Crippen LogP contribution in [0.4, 0.5) is 0 Å². The summed E-state index contributed by atoms with van der Waals surface area (Å²) in [6, 6.07) is 12.1. The molecule has 1 heterocycles. The Kier molecular flexibility index (Phi) is 5.15. The number of aliphatic carboxylic acids is 1. The van der Waals surface area contributed by atoms with Crippen molar-refractivity contribution in [2.24, 2.45) is 0 Å². The minimum absolute atomic E-state index is 0.00618. The van der Waals surface area contributed by atoms with Crippen molar-refractivity contribution in [2.75, 3.05) is 6.61 Å². The fourth-order valence-electron chi connectivity index (χ4n) is 2.23. The van der Waals surface area contributed by atoms with E-state index in [2.05, 4.69) is 0 Å². The van der Waals surface area contributed by atoms with Gasteiger partial charge in [0.2, 0.25) is 0 Å². The maximum absolute atomic E-state index is 12.3. The number of carboxylic acids is 1. The van der Waals surface area contributed by atoms with Gasteiger partial charge < -0.3 is 14.4 Å². The Labute approximate surface area is 133 Å². The molecule has 1 aromatic heterocycles. The summed E-state index contributed by atoms with van der Waals surface area (Å²) in [6.45, 7) is 2.45. The van der Waals surface area contributed by atoms with Crippen LogP contribution in [0.25, 0.3) is 11.3 Å². The van der Waals surface area contributed by atoms with Gasteiger partial charge in [-0.1, -0.05) is 0 Å². The van der Waals surface area contributed by atoms with Crippen molar-refractivity contribution in [3.8, 4) is 23.1 Å². The summed E-state index contributed by atoms with van der Waals surface area (Å²) >= 11 is 0. The van der Waals surface area contributed by atoms with E-state index in [1.807, 2.05) is 13.0 Å². The number of ether oxygens (including phenoxy) is 1. The van der Waals surface area contributed by atoms with Gasteiger partial charge in [0, 0.05) is 6.54 Å². The quantitative estimate of drug-likeness (QED) is 0.883. The van der Waals surface area contributed by atoms with Gasteiger partial charge in [0.1, 0.15) is 17.4 Å². The third-order valence-corrected chi connectivity index (χ3v) is 3.31. The maximum atomic E-state index is 12.3. The van der Waals surface area contributed by atoms with E-state index in [4.69, 9.17) is 15.1 Å². The van der Waals surface area contributed by atoms with Crippen LogP contribution in [0.5, 0.6) is 5.75 Å². The van der Waals surface area contributed by atoms with E-state index in [1.165, 1.54) is 10.6 Å². The molecule has 6 nitrogen and oxygen atoms in total. The lowest BCUT2D eigenvalue weighted by atomic mass is 10.1. The van der Waals surface area contributed by atoms with Gasteiger partial charge in [-0.2, -0.15) is 5.26 Å². The molecule has 0 bridgehead atoms. The predicted molar refractivity (Wildman–Crippen MR) is 84.3 cm³/mol. The lowest BCUT2D eigenvalue weighted by Crippen LogP contribution is -2.25. The van der Waals surface area contributed by atoms with Crippen LogP contribution < -0.4 is 10.3 Å². The highest BCUT2D eigenvalue weighted by molar-refractivity contribution is 5.67. The molecule has 118 valence electrons. The van der Waals surface area contributed by atoms with Crippen LogP contribution in [0.1, 0.15) is 18.9 Å². The molecular formula is C17H16N2O4. The standard InChI is InChI=1S/C17H16N2O4/c1-2-23-14-6-3-12(4-7-14)15-8-5-13(11-18)17(22)19(15)10-9-16(20)21/h3-8H,2,9-10H2,1H3,(H,20,21). The Bertz CT molecular complexity index is 801. The van der Waals surface area contributed by atoms with Crippen molar-refractivity contribution in [3.63, 3.8) is 0 Å². The van der Waals surface area contributed by atoms with Crippen LogP contribution in [-0.2, 0) is 11.3 Å². The van der Waals surface area contributed by atoms with Crippen molar-refractivity contribution in [1.29, 1.82) is 5.26 Å². The Morgan fingerprint density at radius 3 is 2.52 bits per heavy atom. The Morgan fingerprint density at radius 1 is 1.26 bits per heavy atom. The molecule has 0 saturated heterocycles. The first-order valence-electron chi connectivity index (χ1n) is 7.15. The topological polar surface area (TPSA) is 92.3 Å².